The second-order valence-corrected chi connectivity index (χ2v) is 8.20. The highest BCUT2D eigenvalue weighted by atomic mass is 16.5. The average molecular weight is 490 g/mol. The number of rotatable bonds is 12. The van der Waals surface area contributed by atoms with Gasteiger partial charge in [-0.05, 0) is 57.0 Å². The maximum absolute atomic E-state index is 11.7. The first-order valence-corrected chi connectivity index (χ1v) is 12.1. The van der Waals surface area contributed by atoms with Crippen LogP contribution in [0.4, 0.5) is 0 Å². The lowest BCUT2D eigenvalue weighted by molar-refractivity contribution is -0.143. The zero-order valence-corrected chi connectivity index (χ0v) is 20.9. The van der Waals surface area contributed by atoms with Gasteiger partial charge in [-0.1, -0.05) is 18.2 Å². The highest BCUT2D eigenvalue weighted by molar-refractivity contribution is 5.69. The van der Waals surface area contributed by atoms with Gasteiger partial charge in [-0.15, -0.1) is 5.10 Å². The van der Waals surface area contributed by atoms with E-state index in [2.05, 4.69) is 15.2 Å². The lowest BCUT2D eigenvalue weighted by atomic mass is 10.2. The standard InChI is InChI=1S/C27H31N5O4/c1-4-34-26(33)14-11-22-17-31(30-27(22)35-5-2)16-21-9-12-24(13-10-21)36-19-23-18-32(29-20(23)3)25-8-6-7-15-28-25/h6-10,12-13,15,17-18H,4-5,11,14,16,19H2,1-3H3. The van der Waals surface area contributed by atoms with Crippen molar-refractivity contribution in [2.45, 2.75) is 46.8 Å². The van der Waals surface area contributed by atoms with Crippen LogP contribution in [0.2, 0.25) is 0 Å². The Morgan fingerprint density at radius 2 is 1.78 bits per heavy atom. The summed E-state index contributed by atoms with van der Waals surface area (Å²) in [5, 5.41) is 9.09. The molecular weight excluding hydrogens is 458 g/mol. The lowest BCUT2D eigenvalue weighted by Gasteiger charge is -2.07. The molecule has 4 rings (SSSR count). The minimum atomic E-state index is -0.220. The average Bonchev–Trinajstić information content (AvgIpc) is 3.45. The van der Waals surface area contributed by atoms with Crippen LogP contribution in [0.1, 0.15) is 42.7 Å². The molecule has 0 spiro atoms. The van der Waals surface area contributed by atoms with Crippen LogP contribution in [-0.2, 0) is 29.1 Å². The third-order valence-electron chi connectivity index (χ3n) is 5.53. The lowest BCUT2D eigenvalue weighted by Crippen LogP contribution is -2.05. The first-order valence-electron chi connectivity index (χ1n) is 12.1. The second-order valence-electron chi connectivity index (χ2n) is 8.20. The zero-order chi connectivity index (χ0) is 25.3. The quantitative estimate of drug-likeness (QED) is 0.274. The van der Waals surface area contributed by atoms with Gasteiger partial charge in [0.2, 0.25) is 5.88 Å². The molecule has 9 heteroatoms. The zero-order valence-electron chi connectivity index (χ0n) is 20.9. The highest BCUT2D eigenvalue weighted by Gasteiger charge is 2.13. The number of hydrogen-bond acceptors (Lipinski definition) is 7. The van der Waals surface area contributed by atoms with Gasteiger partial charge in [-0.3, -0.25) is 9.48 Å². The molecule has 188 valence electrons. The van der Waals surface area contributed by atoms with Gasteiger partial charge in [0.25, 0.3) is 0 Å². The summed E-state index contributed by atoms with van der Waals surface area (Å²) in [6.45, 7) is 7.56. The third-order valence-corrected chi connectivity index (χ3v) is 5.53. The van der Waals surface area contributed by atoms with Crippen LogP contribution in [0, 0.1) is 6.92 Å². The summed E-state index contributed by atoms with van der Waals surface area (Å²) in [7, 11) is 0. The van der Waals surface area contributed by atoms with Crippen molar-refractivity contribution in [1.29, 1.82) is 0 Å². The number of aryl methyl sites for hydroxylation is 2. The van der Waals surface area contributed by atoms with Crippen LogP contribution in [0.3, 0.4) is 0 Å². The van der Waals surface area contributed by atoms with E-state index < -0.39 is 0 Å². The first kappa shape index (κ1) is 25.0. The van der Waals surface area contributed by atoms with Crippen LogP contribution in [-0.4, -0.2) is 43.7 Å². The predicted molar refractivity (Wildman–Crippen MR) is 134 cm³/mol. The maximum Gasteiger partial charge on any atom is 0.306 e. The number of esters is 1. The Labute approximate surface area is 210 Å². The Morgan fingerprint density at radius 3 is 2.50 bits per heavy atom. The minimum Gasteiger partial charge on any atom is -0.489 e. The summed E-state index contributed by atoms with van der Waals surface area (Å²) in [5.41, 5.74) is 3.87. The van der Waals surface area contributed by atoms with E-state index in [1.807, 2.05) is 73.4 Å². The molecule has 3 aromatic heterocycles. The van der Waals surface area contributed by atoms with Crippen molar-refractivity contribution < 1.29 is 19.0 Å². The molecule has 0 aliphatic rings. The summed E-state index contributed by atoms with van der Waals surface area (Å²) in [6, 6.07) is 13.6. The molecule has 9 nitrogen and oxygen atoms in total. The van der Waals surface area contributed by atoms with E-state index in [1.165, 1.54) is 0 Å². The van der Waals surface area contributed by atoms with Gasteiger partial charge >= 0.3 is 5.97 Å². The fourth-order valence-electron chi connectivity index (χ4n) is 3.71. The van der Waals surface area contributed by atoms with Gasteiger partial charge in [-0.25, -0.2) is 9.67 Å². The molecule has 0 aliphatic carbocycles. The van der Waals surface area contributed by atoms with Gasteiger partial charge in [0.05, 0.1) is 25.5 Å². The molecule has 3 heterocycles. The Morgan fingerprint density at radius 1 is 0.944 bits per heavy atom. The fraction of sp³-hybridized carbons (Fsp3) is 0.333. The van der Waals surface area contributed by atoms with Gasteiger partial charge in [0.1, 0.15) is 12.4 Å². The van der Waals surface area contributed by atoms with E-state index >= 15 is 0 Å². The van der Waals surface area contributed by atoms with Crippen LogP contribution < -0.4 is 9.47 Å². The predicted octanol–water partition coefficient (Wildman–Crippen LogP) is 4.29. The van der Waals surface area contributed by atoms with Crippen LogP contribution >= 0.6 is 0 Å². The van der Waals surface area contributed by atoms with Gasteiger partial charge < -0.3 is 14.2 Å². The molecule has 0 saturated heterocycles. The molecule has 0 radical (unpaired) electrons. The molecular formula is C27H31N5O4. The van der Waals surface area contributed by atoms with E-state index in [9.17, 15) is 4.79 Å². The summed E-state index contributed by atoms with van der Waals surface area (Å²) >= 11 is 0. The Kier molecular flexibility index (Phi) is 8.33. The molecule has 0 N–H and O–H groups in total. The van der Waals surface area contributed by atoms with Crippen LogP contribution in [0.25, 0.3) is 5.82 Å². The smallest absolute Gasteiger partial charge is 0.306 e. The van der Waals surface area contributed by atoms with Crippen molar-refractivity contribution in [2.24, 2.45) is 0 Å². The summed E-state index contributed by atoms with van der Waals surface area (Å²) in [6.07, 6.45) is 6.44. The third kappa shape index (κ3) is 6.50. The Bertz CT molecular complexity index is 1270. The summed E-state index contributed by atoms with van der Waals surface area (Å²) in [5.74, 6) is 1.88. The van der Waals surface area contributed by atoms with Crippen molar-refractivity contribution in [2.75, 3.05) is 13.2 Å². The molecule has 0 amide bonds. The molecule has 0 saturated carbocycles. The van der Waals surface area contributed by atoms with Crippen LogP contribution in [0.5, 0.6) is 11.6 Å². The molecule has 36 heavy (non-hydrogen) atoms. The molecule has 4 aromatic rings. The Balaban J connectivity index is 1.35. The normalized spacial score (nSPS) is 10.9. The number of aromatic nitrogens is 5. The number of nitrogens with zero attached hydrogens (tertiary/aromatic N) is 5. The monoisotopic (exact) mass is 489 g/mol. The Hall–Kier alpha value is -4.14. The maximum atomic E-state index is 11.7. The number of benzene rings is 1. The van der Waals surface area contributed by atoms with Gasteiger partial charge in [-0.2, -0.15) is 5.10 Å². The number of ether oxygens (including phenoxy) is 3. The van der Waals surface area contributed by atoms with E-state index in [-0.39, 0.29) is 5.97 Å². The molecule has 0 fully saturated rings. The number of carbonyl (C=O) groups excluding carboxylic acids is 1. The molecule has 0 atom stereocenters. The van der Waals surface area contributed by atoms with Crippen molar-refractivity contribution in [1.82, 2.24) is 24.5 Å². The number of pyridine rings is 1. The van der Waals surface area contributed by atoms with Crippen molar-refractivity contribution in [3.8, 4) is 17.4 Å². The summed E-state index contributed by atoms with van der Waals surface area (Å²) < 4.78 is 20.3. The van der Waals surface area contributed by atoms with Crippen molar-refractivity contribution in [3.63, 3.8) is 0 Å². The second kappa shape index (κ2) is 12.0. The molecule has 1 aromatic carbocycles. The van der Waals surface area contributed by atoms with E-state index in [0.29, 0.717) is 45.1 Å². The fourth-order valence-corrected chi connectivity index (χ4v) is 3.71. The number of carbonyl (C=O) groups is 1. The molecule has 0 unspecified atom stereocenters. The van der Waals surface area contributed by atoms with Gasteiger partial charge in [0, 0.05) is 36.1 Å². The van der Waals surface area contributed by atoms with E-state index in [1.54, 1.807) is 17.8 Å². The first-order chi connectivity index (χ1) is 17.6. The van der Waals surface area contributed by atoms with E-state index in [4.69, 9.17) is 14.2 Å². The van der Waals surface area contributed by atoms with E-state index in [0.717, 1.165) is 34.0 Å². The highest BCUT2D eigenvalue weighted by Crippen LogP contribution is 2.21. The SMILES string of the molecule is CCOC(=O)CCc1cn(Cc2ccc(OCc3cn(-c4ccccn4)nc3C)cc2)nc1OCC. The largest absolute Gasteiger partial charge is 0.489 e. The van der Waals surface area contributed by atoms with Crippen LogP contribution in [0.15, 0.2) is 61.1 Å². The van der Waals surface area contributed by atoms with Crippen molar-refractivity contribution in [3.05, 3.63) is 83.4 Å². The van der Waals surface area contributed by atoms with Crippen molar-refractivity contribution >= 4 is 5.97 Å². The topological polar surface area (TPSA) is 93.3 Å². The molecule has 0 bridgehead atoms. The number of hydrogen-bond donors (Lipinski definition) is 0. The minimum absolute atomic E-state index is 0.220. The summed E-state index contributed by atoms with van der Waals surface area (Å²) in [4.78, 5) is 16.1. The molecule has 0 aliphatic heterocycles. The van der Waals surface area contributed by atoms with Gasteiger partial charge in [0.15, 0.2) is 5.82 Å².